The van der Waals surface area contributed by atoms with E-state index < -0.39 is 0 Å². The minimum absolute atomic E-state index is 0.138. The van der Waals surface area contributed by atoms with E-state index in [9.17, 15) is 4.39 Å². The molecule has 1 aromatic heterocycles. The Bertz CT molecular complexity index is 615. The van der Waals surface area contributed by atoms with Crippen molar-refractivity contribution in [2.75, 3.05) is 19.0 Å². The fourth-order valence-electron chi connectivity index (χ4n) is 2.21. The number of nitrogens with zero attached hydrogens (tertiary/aromatic N) is 3. The van der Waals surface area contributed by atoms with Gasteiger partial charge in [0.25, 0.3) is 0 Å². The van der Waals surface area contributed by atoms with Crippen molar-refractivity contribution in [1.29, 1.82) is 0 Å². The Morgan fingerprint density at radius 1 is 1.33 bits per heavy atom. The predicted molar refractivity (Wildman–Crippen MR) is 82.8 cm³/mol. The molecule has 112 valence electrons. The van der Waals surface area contributed by atoms with Crippen molar-refractivity contribution in [3.05, 3.63) is 53.1 Å². The molecule has 1 N–H and O–H groups in total. The summed E-state index contributed by atoms with van der Waals surface area (Å²) in [5, 5.41) is 3.09. The lowest BCUT2D eigenvalue weighted by Crippen LogP contribution is -2.25. The van der Waals surface area contributed by atoms with Gasteiger partial charge in [-0.15, -0.1) is 0 Å². The molecule has 1 heterocycles. The molecular weight excluding hydrogens is 267 g/mol. The van der Waals surface area contributed by atoms with Gasteiger partial charge >= 0.3 is 0 Å². The minimum atomic E-state index is -0.208. The largest absolute Gasteiger partial charge is 0.337 e. The highest BCUT2D eigenvalue weighted by Gasteiger charge is 2.18. The van der Waals surface area contributed by atoms with Gasteiger partial charge in [-0.25, -0.2) is 14.4 Å². The zero-order valence-electron chi connectivity index (χ0n) is 12.9. The topological polar surface area (TPSA) is 41.1 Å². The number of hydrogen-bond donors (Lipinski definition) is 1. The van der Waals surface area contributed by atoms with Gasteiger partial charge in [-0.1, -0.05) is 18.2 Å². The molecule has 5 heteroatoms. The molecule has 4 nitrogen and oxygen atoms in total. The average Bonchev–Trinajstić information content (AvgIpc) is 2.48. The number of anilines is 1. The molecule has 2 rings (SSSR count). The van der Waals surface area contributed by atoms with Gasteiger partial charge in [0.1, 0.15) is 5.82 Å². The molecule has 0 aliphatic heterocycles. The van der Waals surface area contributed by atoms with Crippen LogP contribution in [0, 0.1) is 12.7 Å². The SMILES string of the molecule is CNCc1cnc(N(C)C(C)c2ccccc2F)nc1C. The fourth-order valence-corrected chi connectivity index (χ4v) is 2.21. The maximum absolute atomic E-state index is 13.9. The van der Waals surface area contributed by atoms with Crippen molar-refractivity contribution in [1.82, 2.24) is 15.3 Å². The maximum Gasteiger partial charge on any atom is 0.225 e. The molecule has 2 aromatic rings. The van der Waals surface area contributed by atoms with Crippen LogP contribution in [0.25, 0.3) is 0 Å². The summed E-state index contributed by atoms with van der Waals surface area (Å²) in [6.07, 6.45) is 1.82. The molecule has 0 aliphatic rings. The fraction of sp³-hybridized carbons (Fsp3) is 0.375. The van der Waals surface area contributed by atoms with Crippen LogP contribution >= 0.6 is 0 Å². The van der Waals surface area contributed by atoms with Gasteiger partial charge in [0, 0.05) is 36.6 Å². The average molecular weight is 288 g/mol. The zero-order valence-corrected chi connectivity index (χ0v) is 12.9. The van der Waals surface area contributed by atoms with Gasteiger partial charge in [-0.3, -0.25) is 0 Å². The smallest absolute Gasteiger partial charge is 0.225 e. The monoisotopic (exact) mass is 288 g/mol. The molecule has 0 saturated heterocycles. The van der Waals surface area contributed by atoms with Crippen molar-refractivity contribution in [3.8, 4) is 0 Å². The summed E-state index contributed by atoms with van der Waals surface area (Å²) in [4.78, 5) is 10.8. The lowest BCUT2D eigenvalue weighted by molar-refractivity contribution is 0.582. The van der Waals surface area contributed by atoms with Gasteiger partial charge in [0.15, 0.2) is 0 Å². The molecule has 0 amide bonds. The van der Waals surface area contributed by atoms with Crippen molar-refractivity contribution >= 4 is 5.95 Å². The van der Waals surface area contributed by atoms with Crippen LogP contribution in [0.1, 0.15) is 29.8 Å². The second kappa shape index (κ2) is 6.63. The molecular formula is C16H21FN4. The Labute approximate surface area is 125 Å². The molecule has 0 fully saturated rings. The number of rotatable bonds is 5. The second-order valence-electron chi connectivity index (χ2n) is 5.12. The molecule has 0 radical (unpaired) electrons. The molecule has 0 aliphatic carbocycles. The Hall–Kier alpha value is -2.01. The Morgan fingerprint density at radius 3 is 2.67 bits per heavy atom. The Balaban J connectivity index is 2.25. The van der Waals surface area contributed by atoms with Crippen LogP contribution < -0.4 is 10.2 Å². The number of benzene rings is 1. The predicted octanol–water partition coefficient (Wildman–Crippen LogP) is 2.84. The van der Waals surface area contributed by atoms with E-state index in [1.54, 1.807) is 12.1 Å². The highest BCUT2D eigenvalue weighted by Crippen LogP contribution is 2.24. The van der Waals surface area contributed by atoms with Gasteiger partial charge in [0.05, 0.1) is 6.04 Å². The van der Waals surface area contributed by atoms with Gasteiger partial charge in [-0.2, -0.15) is 0 Å². The number of aryl methyl sites for hydroxylation is 1. The van der Waals surface area contributed by atoms with Gasteiger partial charge < -0.3 is 10.2 Å². The Kier molecular flexibility index (Phi) is 4.85. The highest BCUT2D eigenvalue weighted by molar-refractivity contribution is 5.37. The third-order valence-electron chi connectivity index (χ3n) is 3.69. The van der Waals surface area contributed by atoms with E-state index in [4.69, 9.17) is 0 Å². The third-order valence-corrected chi connectivity index (χ3v) is 3.69. The standard InChI is InChI=1S/C16H21FN4/c1-11-13(9-18-3)10-19-16(20-11)21(4)12(2)14-7-5-6-8-15(14)17/h5-8,10,12,18H,9H2,1-4H3. The molecule has 0 spiro atoms. The van der Waals surface area contributed by atoms with E-state index in [0.717, 1.165) is 17.8 Å². The zero-order chi connectivity index (χ0) is 15.4. The summed E-state index contributed by atoms with van der Waals surface area (Å²) < 4.78 is 13.9. The number of nitrogens with one attached hydrogen (secondary N) is 1. The van der Waals surface area contributed by atoms with Gasteiger partial charge in [-0.05, 0) is 27.0 Å². The van der Waals surface area contributed by atoms with Crippen LogP contribution in [-0.2, 0) is 6.54 Å². The molecule has 21 heavy (non-hydrogen) atoms. The van der Waals surface area contributed by atoms with Crippen molar-refractivity contribution in [3.63, 3.8) is 0 Å². The minimum Gasteiger partial charge on any atom is -0.337 e. The first-order chi connectivity index (χ1) is 10.0. The first kappa shape index (κ1) is 15.4. The van der Waals surface area contributed by atoms with Crippen LogP contribution in [0.2, 0.25) is 0 Å². The van der Waals surface area contributed by atoms with E-state index in [1.165, 1.54) is 6.07 Å². The normalized spacial score (nSPS) is 12.2. The lowest BCUT2D eigenvalue weighted by atomic mass is 10.1. The summed E-state index contributed by atoms with van der Waals surface area (Å²) in [6, 6.07) is 6.66. The number of aromatic nitrogens is 2. The van der Waals surface area contributed by atoms with E-state index in [-0.39, 0.29) is 11.9 Å². The molecule has 0 bridgehead atoms. The third kappa shape index (κ3) is 3.36. The summed E-state index contributed by atoms with van der Waals surface area (Å²) in [5.41, 5.74) is 2.63. The molecule has 0 saturated carbocycles. The first-order valence-electron chi connectivity index (χ1n) is 6.99. The van der Waals surface area contributed by atoms with Gasteiger partial charge in [0.2, 0.25) is 5.95 Å². The van der Waals surface area contributed by atoms with E-state index in [2.05, 4.69) is 15.3 Å². The van der Waals surface area contributed by atoms with Crippen molar-refractivity contribution < 1.29 is 4.39 Å². The molecule has 1 aromatic carbocycles. The quantitative estimate of drug-likeness (QED) is 0.918. The van der Waals surface area contributed by atoms with E-state index >= 15 is 0 Å². The van der Waals surface area contributed by atoms with Crippen LogP contribution in [-0.4, -0.2) is 24.1 Å². The van der Waals surface area contributed by atoms with E-state index in [0.29, 0.717) is 11.5 Å². The van der Waals surface area contributed by atoms with Crippen molar-refractivity contribution in [2.24, 2.45) is 0 Å². The summed E-state index contributed by atoms with van der Waals surface area (Å²) in [6.45, 7) is 4.64. The molecule has 1 atom stereocenters. The maximum atomic E-state index is 13.9. The molecule has 1 unspecified atom stereocenters. The summed E-state index contributed by atoms with van der Waals surface area (Å²) >= 11 is 0. The van der Waals surface area contributed by atoms with Crippen LogP contribution in [0.5, 0.6) is 0 Å². The summed E-state index contributed by atoms with van der Waals surface area (Å²) in [5.74, 6) is 0.392. The Morgan fingerprint density at radius 2 is 2.05 bits per heavy atom. The highest BCUT2D eigenvalue weighted by atomic mass is 19.1. The van der Waals surface area contributed by atoms with Crippen molar-refractivity contribution in [2.45, 2.75) is 26.4 Å². The number of halogens is 1. The van der Waals surface area contributed by atoms with Crippen LogP contribution in [0.3, 0.4) is 0 Å². The summed E-state index contributed by atoms with van der Waals surface area (Å²) in [7, 11) is 3.77. The lowest BCUT2D eigenvalue weighted by Gasteiger charge is -2.26. The number of hydrogen-bond acceptors (Lipinski definition) is 4. The first-order valence-corrected chi connectivity index (χ1v) is 6.99. The van der Waals surface area contributed by atoms with Crippen LogP contribution in [0.4, 0.5) is 10.3 Å². The van der Waals surface area contributed by atoms with Crippen LogP contribution in [0.15, 0.2) is 30.5 Å². The second-order valence-corrected chi connectivity index (χ2v) is 5.12. The van der Waals surface area contributed by atoms with E-state index in [1.807, 2.05) is 45.1 Å².